The minimum Gasteiger partial charge on any atom is -0.789 e. The van der Waals surface area contributed by atoms with E-state index in [0.29, 0.717) is 0 Å². The van der Waals surface area contributed by atoms with E-state index in [1.54, 1.807) is 0 Å². The van der Waals surface area contributed by atoms with Crippen LogP contribution < -0.4 is 0 Å². The van der Waals surface area contributed by atoms with Crippen molar-refractivity contribution in [2.45, 2.75) is 70.3 Å². The zero-order valence-corrected chi connectivity index (χ0v) is 24.2. The first-order valence-corrected chi connectivity index (χ1v) is 10.1. The van der Waals surface area contributed by atoms with Crippen molar-refractivity contribution in [1.82, 2.24) is 0 Å². The second-order valence-corrected chi connectivity index (χ2v) is 9.12. The fourth-order valence-electron chi connectivity index (χ4n) is 3.35. The van der Waals surface area contributed by atoms with Gasteiger partial charge in [-0.05, 0) is 48.1 Å². The van der Waals surface area contributed by atoms with Gasteiger partial charge in [0.15, 0.2) is 0 Å². The molecule has 0 aromatic heterocycles. The normalized spacial score (nSPS) is 13.3. The number of aryl methyl sites for hydroxylation is 2. The van der Waals surface area contributed by atoms with E-state index < -0.39 is 0 Å². The summed E-state index contributed by atoms with van der Waals surface area (Å²) < 4.78 is 0. The number of benzene rings is 2. The second kappa shape index (κ2) is 11.6. The standard InChI is InChI=1S/C23H32S2.2Re/c1-7-22(25)21-14-20(11-9-16(21)3)23(5,6)19-10-8-15(2)18(13-19)12-17(4)24;;/h8-11,13-14,17,22,24-25H,7,12H2,1-6H3;;/p-2. The summed E-state index contributed by atoms with van der Waals surface area (Å²) in [6.45, 7) is 13.2. The first kappa shape index (κ1) is 27.5. The molecule has 0 nitrogen and oxygen atoms in total. The zero-order valence-electron chi connectivity index (χ0n) is 17.1. The van der Waals surface area contributed by atoms with E-state index >= 15 is 0 Å². The smallest absolute Gasteiger partial charge is 0.0146 e. The van der Waals surface area contributed by atoms with Crippen molar-refractivity contribution < 1.29 is 40.8 Å². The Morgan fingerprint density at radius 3 is 1.93 bits per heavy atom. The van der Waals surface area contributed by atoms with Crippen LogP contribution in [0.4, 0.5) is 0 Å². The van der Waals surface area contributed by atoms with E-state index in [1.807, 2.05) is 0 Å². The maximum absolute atomic E-state index is 5.67. The molecule has 0 bridgehead atoms. The molecular formula is C23H30Re2S2-2. The molecule has 2 aromatic rings. The molecule has 2 unspecified atom stereocenters. The third kappa shape index (κ3) is 6.74. The van der Waals surface area contributed by atoms with E-state index in [9.17, 15) is 0 Å². The largest absolute Gasteiger partial charge is 0.789 e. The van der Waals surface area contributed by atoms with Crippen LogP contribution in [-0.4, -0.2) is 5.25 Å². The molecule has 0 aliphatic carbocycles. The summed E-state index contributed by atoms with van der Waals surface area (Å²) in [5, 5.41) is 0.443. The average Bonchev–Trinajstić information content (AvgIpc) is 2.55. The first-order chi connectivity index (χ1) is 11.7. The number of hydrogen-bond donors (Lipinski definition) is 0. The van der Waals surface area contributed by atoms with Crippen molar-refractivity contribution in [3.63, 3.8) is 0 Å². The predicted octanol–water partition coefficient (Wildman–Crippen LogP) is 6.10. The van der Waals surface area contributed by atoms with Crippen LogP contribution in [0.3, 0.4) is 0 Å². The van der Waals surface area contributed by atoms with Crippen LogP contribution in [0.1, 0.15) is 72.7 Å². The van der Waals surface area contributed by atoms with Crippen molar-refractivity contribution in [1.29, 1.82) is 0 Å². The first-order valence-electron chi connectivity index (χ1n) is 9.19. The summed E-state index contributed by atoms with van der Waals surface area (Å²) in [6, 6.07) is 13.7. The molecule has 0 N–H and O–H groups in total. The Morgan fingerprint density at radius 1 is 0.889 bits per heavy atom. The molecule has 4 heteroatoms. The van der Waals surface area contributed by atoms with Crippen molar-refractivity contribution in [2.75, 3.05) is 0 Å². The molecule has 0 aliphatic heterocycles. The van der Waals surface area contributed by atoms with Gasteiger partial charge in [-0.25, -0.2) is 0 Å². The van der Waals surface area contributed by atoms with Crippen molar-refractivity contribution in [2.24, 2.45) is 0 Å². The summed E-state index contributed by atoms with van der Waals surface area (Å²) in [5.41, 5.74) is 7.92. The van der Waals surface area contributed by atoms with Gasteiger partial charge in [0.2, 0.25) is 0 Å². The monoisotopic (exact) mass is 744 g/mol. The molecule has 0 amide bonds. The number of rotatable bonds is 6. The summed E-state index contributed by atoms with van der Waals surface area (Å²) in [7, 11) is 0. The van der Waals surface area contributed by atoms with Gasteiger partial charge in [-0.15, -0.1) is 5.25 Å². The zero-order chi connectivity index (χ0) is 18.8. The third-order valence-electron chi connectivity index (χ3n) is 5.30. The minimum atomic E-state index is -0.0572. The Bertz CT molecular complexity index is 739. The van der Waals surface area contributed by atoms with E-state index in [4.69, 9.17) is 25.3 Å². The Balaban J connectivity index is 0.00000338. The molecule has 2 atom stereocenters. The van der Waals surface area contributed by atoms with Crippen LogP contribution in [-0.2, 0) is 77.9 Å². The fourth-order valence-corrected chi connectivity index (χ4v) is 3.79. The quantitative estimate of drug-likeness (QED) is 0.329. The average molecular weight is 743 g/mol. The van der Waals surface area contributed by atoms with Gasteiger partial charge >= 0.3 is 0 Å². The van der Waals surface area contributed by atoms with Gasteiger partial charge in [0.1, 0.15) is 0 Å². The van der Waals surface area contributed by atoms with Gasteiger partial charge in [0, 0.05) is 46.3 Å². The molecule has 0 fully saturated rings. The predicted molar refractivity (Wildman–Crippen MR) is 115 cm³/mol. The molecule has 2 rings (SSSR count). The molecule has 2 radical (unpaired) electrons. The van der Waals surface area contributed by atoms with E-state index in [-0.39, 0.29) is 56.8 Å². The topological polar surface area (TPSA) is 0 Å². The van der Waals surface area contributed by atoms with Gasteiger partial charge in [0.05, 0.1) is 0 Å². The van der Waals surface area contributed by atoms with Crippen molar-refractivity contribution in [3.8, 4) is 0 Å². The Labute approximate surface area is 204 Å². The fraction of sp³-hybridized carbons (Fsp3) is 0.478. The Hall–Kier alpha value is 0.465. The molecule has 150 valence electrons. The summed E-state index contributed by atoms with van der Waals surface area (Å²) in [4.78, 5) is 0. The van der Waals surface area contributed by atoms with Gasteiger partial charge in [-0.2, -0.15) is 5.25 Å². The van der Waals surface area contributed by atoms with Crippen LogP contribution in [0.2, 0.25) is 0 Å². The summed E-state index contributed by atoms with van der Waals surface area (Å²) >= 11 is 11.1. The van der Waals surface area contributed by atoms with E-state index in [1.165, 1.54) is 33.4 Å². The van der Waals surface area contributed by atoms with Crippen LogP contribution in [0.5, 0.6) is 0 Å². The molecule has 0 saturated carbocycles. The molecule has 0 spiro atoms. The van der Waals surface area contributed by atoms with Crippen molar-refractivity contribution >= 4 is 25.3 Å². The Kier molecular flexibility index (Phi) is 11.8. The maximum atomic E-state index is 5.67. The SMILES string of the molecule is CCC([S-])c1cc(C(C)(C)c2ccc(C)c(CC(C)[S-])c2)ccc1C.[Re].[Re]. The maximum Gasteiger partial charge on any atom is 0.0146 e. The second-order valence-electron chi connectivity index (χ2n) is 7.75. The van der Waals surface area contributed by atoms with Crippen LogP contribution in [0.25, 0.3) is 0 Å². The summed E-state index contributed by atoms with van der Waals surface area (Å²) in [5.74, 6) is 0. The van der Waals surface area contributed by atoms with E-state index in [0.717, 1.165) is 12.8 Å². The molecule has 0 aliphatic rings. The minimum absolute atomic E-state index is 0. The van der Waals surface area contributed by atoms with Crippen LogP contribution in [0.15, 0.2) is 36.4 Å². The molecule has 0 heterocycles. The van der Waals surface area contributed by atoms with E-state index in [2.05, 4.69) is 77.9 Å². The molecular weight excluding hydrogens is 713 g/mol. The molecule has 0 saturated heterocycles. The Morgan fingerprint density at radius 2 is 1.41 bits per heavy atom. The van der Waals surface area contributed by atoms with Crippen LogP contribution >= 0.6 is 0 Å². The molecule has 27 heavy (non-hydrogen) atoms. The van der Waals surface area contributed by atoms with Gasteiger partial charge in [-0.3, -0.25) is 0 Å². The van der Waals surface area contributed by atoms with Crippen molar-refractivity contribution in [3.05, 3.63) is 69.8 Å². The van der Waals surface area contributed by atoms with Gasteiger partial charge < -0.3 is 25.3 Å². The third-order valence-corrected chi connectivity index (χ3v) is 6.05. The number of hydrogen-bond acceptors (Lipinski definition) is 2. The summed E-state index contributed by atoms with van der Waals surface area (Å²) in [6.07, 6.45) is 1.94. The van der Waals surface area contributed by atoms with Crippen LogP contribution in [0, 0.1) is 13.8 Å². The van der Waals surface area contributed by atoms with Gasteiger partial charge in [-0.1, -0.05) is 76.1 Å². The molecule has 2 aromatic carbocycles. The van der Waals surface area contributed by atoms with Gasteiger partial charge in [0.25, 0.3) is 0 Å².